The molecule has 4 nitrogen and oxygen atoms in total. The Kier molecular flexibility index (Phi) is 7.06. The highest BCUT2D eigenvalue weighted by molar-refractivity contribution is 5.68. The Morgan fingerprint density at radius 2 is 1.40 bits per heavy atom. The smallest absolute Gasteiger partial charge is 0.146 e. The van der Waals surface area contributed by atoms with Crippen molar-refractivity contribution >= 4 is 0 Å². The summed E-state index contributed by atoms with van der Waals surface area (Å²) < 4.78 is 0. The summed E-state index contributed by atoms with van der Waals surface area (Å²) in [6, 6.07) is 10.7. The van der Waals surface area contributed by atoms with E-state index in [0.717, 1.165) is 61.8 Å². The number of benzene rings is 1. The van der Waals surface area contributed by atoms with Crippen molar-refractivity contribution in [2.24, 2.45) is 0 Å². The van der Waals surface area contributed by atoms with Crippen LogP contribution in [0.3, 0.4) is 0 Å². The average Bonchev–Trinajstić information content (AvgIpc) is 2.77. The number of likely N-dealkylation sites (tertiary alicyclic amines) is 2. The minimum Gasteiger partial charge on any atom is -0.505 e. The summed E-state index contributed by atoms with van der Waals surface area (Å²) in [5.74, 6) is 0.862. The highest BCUT2D eigenvalue weighted by atomic mass is 16.3. The number of hydrogen-bond acceptors (Lipinski definition) is 4. The van der Waals surface area contributed by atoms with Crippen molar-refractivity contribution in [3.63, 3.8) is 0 Å². The van der Waals surface area contributed by atoms with E-state index in [-0.39, 0.29) is 0 Å². The SMILES string of the molecule is CC(C)c1ccc(-c2nc(CN3CCCCC3)cc(CN3CCCCC3)c2O)cc1. The molecule has 2 aliphatic heterocycles. The minimum atomic E-state index is 0.361. The number of pyridine rings is 1. The van der Waals surface area contributed by atoms with E-state index < -0.39 is 0 Å². The van der Waals surface area contributed by atoms with E-state index in [9.17, 15) is 5.11 Å². The first-order valence-corrected chi connectivity index (χ1v) is 11.9. The second-order valence-electron chi connectivity index (χ2n) is 9.42. The molecule has 0 amide bonds. The van der Waals surface area contributed by atoms with Crippen LogP contribution in [-0.2, 0) is 13.1 Å². The lowest BCUT2D eigenvalue weighted by Gasteiger charge is -2.28. The molecule has 0 saturated carbocycles. The fourth-order valence-electron chi connectivity index (χ4n) is 4.78. The number of hydrogen-bond donors (Lipinski definition) is 1. The quantitative estimate of drug-likeness (QED) is 0.681. The van der Waals surface area contributed by atoms with Gasteiger partial charge in [0.1, 0.15) is 11.4 Å². The summed E-state index contributed by atoms with van der Waals surface area (Å²) in [7, 11) is 0. The van der Waals surface area contributed by atoms with Gasteiger partial charge < -0.3 is 5.11 Å². The second-order valence-corrected chi connectivity index (χ2v) is 9.42. The molecule has 0 spiro atoms. The van der Waals surface area contributed by atoms with Crippen molar-refractivity contribution in [1.29, 1.82) is 0 Å². The molecular weight excluding hydrogens is 370 g/mol. The lowest BCUT2D eigenvalue weighted by atomic mass is 9.99. The van der Waals surface area contributed by atoms with E-state index >= 15 is 0 Å². The maximum absolute atomic E-state index is 11.2. The van der Waals surface area contributed by atoms with Crippen LogP contribution in [0.4, 0.5) is 0 Å². The minimum absolute atomic E-state index is 0.361. The zero-order valence-electron chi connectivity index (χ0n) is 18.7. The molecule has 1 aromatic heterocycles. The first kappa shape index (κ1) is 21.3. The van der Waals surface area contributed by atoms with Gasteiger partial charge in [-0.25, -0.2) is 4.98 Å². The summed E-state index contributed by atoms with van der Waals surface area (Å²) in [4.78, 5) is 9.95. The van der Waals surface area contributed by atoms with Gasteiger partial charge in [-0.15, -0.1) is 0 Å². The van der Waals surface area contributed by atoms with Crippen molar-refractivity contribution in [2.45, 2.75) is 71.4 Å². The third-order valence-corrected chi connectivity index (χ3v) is 6.65. The van der Waals surface area contributed by atoms with Crippen molar-refractivity contribution in [2.75, 3.05) is 26.2 Å². The fourth-order valence-corrected chi connectivity index (χ4v) is 4.78. The van der Waals surface area contributed by atoms with Crippen LogP contribution >= 0.6 is 0 Å². The normalized spacial score (nSPS) is 18.8. The van der Waals surface area contributed by atoms with Gasteiger partial charge in [0.15, 0.2) is 0 Å². The molecule has 4 rings (SSSR count). The molecule has 162 valence electrons. The molecule has 1 N–H and O–H groups in total. The van der Waals surface area contributed by atoms with Crippen molar-refractivity contribution in [3.05, 3.63) is 47.2 Å². The maximum atomic E-state index is 11.2. The summed E-state index contributed by atoms with van der Waals surface area (Å²) in [5.41, 5.74) is 5.19. The van der Waals surface area contributed by atoms with E-state index in [4.69, 9.17) is 4.98 Å². The van der Waals surface area contributed by atoms with E-state index in [0.29, 0.717) is 11.7 Å². The van der Waals surface area contributed by atoms with E-state index in [1.807, 2.05) is 0 Å². The lowest BCUT2D eigenvalue weighted by molar-refractivity contribution is 0.214. The summed E-state index contributed by atoms with van der Waals surface area (Å²) in [6.07, 6.45) is 7.75. The van der Waals surface area contributed by atoms with Crippen LogP contribution in [0.25, 0.3) is 11.3 Å². The zero-order chi connectivity index (χ0) is 20.9. The molecule has 2 aromatic rings. The predicted octanol–water partition coefficient (Wildman–Crippen LogP) is 5.55. The Hall–Kier alpha value is -1.91. The summed E-state index contributed by atoms with van der Waals surface area (Å²) in [5, 5.41) is 11.2. The molecule has 0 aliphatic carbocycles. The number of piperidine rings is 2. The summed E-state index contributed by atoms with van der Waals surface area (Å²) >= 11 is 0. The van der Waals surface area contributed by atoms with Crippen LogP contribution in [0.15, 0.2) is 30.3 Å². The first-order chi connectivity index (χ1) is 14.6. The van der Waals surface area contributed by atoms with Gasteiger partial charge in [-0.2, -0.15) is 0 Å². The average molecular weight is 408 g/mol. The zero-order valence-corrected chi connectivity index (χ0v) is 18.7. The Morgan fingerprint density at radius 1 is 0.833 bits per heavy atom. The van der Waals surface area contributed by atoms with Gasteiger partial charge in [-0.05, 0) is 69.4 Å². The molecule has 30 heavy (non-hydrogen) atoms. The third-order valence-electron chi connectivity index (χ3n) is 6.65. The molecule has 2 aliphatic rings. The van der Waals surface area contributed by atoms with Crippen molar-refractivity contribution in [1.82, 2.24) is 14.8 Å². The van der Waals surface area contributed by atoms with Crippen molar-refractivity contribution < 1.29 is 5.11 Å². The largest absolute Gasteiger partial charge is 0.505 e. The number of aromatic nitrogens is 1. The van der Waals surface area contributed by atoms with Crippen LogP contribution in [0.5, 0.6) is 5.75 Å². The number of aromatic hydroxyl groups is 1. The predicted molar refractivity (Wildman–Crippen MR) is 124 cm³/mol. The fraction of sp³-hybridized carbons (Fsp3) is 0.577. The van der Waals surface area contributed by atoms with E-state index in [1.165, 1.54) is 44.1 Å². The Bertz CT molecular complexity index is 819. The Balaban J connectivity index is 1.65. The van der Waals surface area contributed by atoms with Gasteiger partial charge in [-0.1, -0.05) is 51.0 Å². The molecule has 0 bridgehead atoms. The molecule has 3 heterocycles. The Morgan fingerprint density at radius 3 is 1.97 bits per heavy atom. The lowest BCUT2D eigenvalue weighted by Crippen LogP contribution is -2.30. The highest BCUT2D eigenvalue weighted by Crippen LogP contribution is 2.33. The van der Waals surface area contributed by atoms with Gasteiger partial charge in [-0.3, -0.25) is 9.80 Å². The maximum Gasteiger partial charge on any atom is 0.146 e. The van der Waals surface area contributed by atoms with Gasteiger partial charge in [0, 0.05) is 24.2 Å². The second kappa shape index (κ2) is 9.93. The molecule has 0 radical (unpaired) electrons. The molecule has 2 saturated heterocycles. The first-order valence-electron chi connectivity index (χ1n) is 11.9. The van der Waals surface area contributed by atoms with Gasteiger partial charge in [0.2, 0.25) is 0 Å². The monoisotopic (exact) mass is 407 g/mol. The van der Waals surface area contributed by atoms with Gasteiger partial charge in [0.25, 0.3) is 0 Å². The van der Waals surface area contributed by atoms with Crippen LogP contribution in [0.1, 0.15) is 75.1 Å². The topological polar surface area (TPSA) is 39.6 Å². The third kappa shape index (κ3) is 5.22. The van der Waals surface area contributed by atoms with E-state index in [1.54, 1.807) is 0 Å². The standard InChI is InChI=1S/C26H37N3O/c1-20(2)21-9-11-22(12-10-21)25-26(30)23(18-28-13-5-3-6-14-28)17-24(27-25)19-29-15-7-4-8-16-29/h9-12,17,20,30H,3-8,13-16,18-19H2,1-2H3. The number of rotatable bonds is 6. The molecule has 1 aromatic carbocycles. The molecule has 0 unspecified atom stereocenters. The molecular formula is C26H37N3O. The number of nitrogens with zero attached hydrogens (tertiary/aromatic N) is 3. The van der Waals surface area contributed by atoms with Gasteiger partial charge >= 0.3 is 0 Å². The Labute approximate surface area is 181 Å². The van der Waals surface area contributed by atoms with Crippen molar-refractivity contribution in [3.8, 4) is 17.0 Å². The van der Waals surface area contributed by atoms with Crippen LogP contribution in [0.2, 0.25) is 0 Å². The highest BCUT2D eigenvalue weighted by Gasteiger charge is 2.19. The van der Waals surface area contributed by atoms with Crippen LogP contribution in [0, 0.1) is 0 Å². The van der Waals surface area contributed by atoms with Gasteiger partial charge in [0.05, 0.1) is 5.69 Å². The van der Waals surface area contributed by atoms with Crippen LogP contribution < -0.4 is 0 Å². The van der Waals surface area contributed by atoms with E-state index in [2.05, 4.69) is 54.0 Å². The molecule has 0 atom stereocenters. The van der Waals surface area contributed by atoms with Crippen LogP contribution in [-0.4, -0.2) is 46.1 Å². The molecule has 2 fully saturated rings. The summed E-state index contributed by atoms with van der Waals surface area (Å²) in [6.45, 7) is 10.7. The molecule has 4 heteroatoms.